The van der Waals surface area contributed by atoms with Gasteiger partial charge >= 0.3 is 0 Å². The Hall–Kier alpha value is -3.53. The molecule has 0 aliphatic carbocycles. The predicted molar refractivity (Wildman–Crippen MR) is 110 cm³/mol. The average molecular weight is 368 g/mol. The Balaban J connectivity index is 1.78. The fourth-order valence-electron chi connectivity index (χ4n) is 3.66. The number of halogens is 1. The number of fused-ring (bicyclic) bond motifs is 3. The first-order chi connectivity index (χ1) is 13.6. The lowest BCUT2D eigenvalue weighted by atomic mass is 9.98. The highest BCUT2D eigenvalue weighted by molar-refractivity contribution is 6.09. The summed E-state index contributed by atoms with van der Waals surface area (Å²) >= 11 is 0. The van der Waals surface area contributed by atoms with Crippen LogP contribution in [0, 0.1) is 19.7 Å². The molecule has 5 rings (SSSR count). The minimum Gasteiger partial charge on any atom is -0.437 e. The summed E-state index contributed by atoms with van der Waals surface area (Å²) in [6.07, 6.45) is 1.71. The molecule has 0 radical (unpaired) electrons. The summed E-state index contributed by atoms with van der Waals surface area (Å²) < 4.78 is 20.4. The van der Waals surface area contributed by atoms with E-state index in [1.54, 1.807) is 18.3 Å². The van der Waals surface area contributed by atoms with Crippen molar-refractivity contribution in [2.24, 2.45) is 0 Å². The highest BCUT2D eigenvalue weighted by Crippen LogP contribution is 2.37. The van der Waals surface area contributed by atoms with Gasteiger partial charge in [-0.3, -0.25) is 4.98 Å². The first-order valence-electron chi connectivity index (χ1n) is 9.12. The molecule has 0 fully saturated rings. The van der Waals surface area contributed by atoms with Gasteiger partial charge in [0.25, 0.3) is 0 Å². The van der Waals surface area contributed by atoms with Gasteiger partial charge in [0.05, 0.1) is 5.69 Å². The molecule has 4 heteroatoms. The molecule has 136 valence electrons. The maximum absolute atomic E-state index is 14.3. The van der Waals surface area contributed by atoms with E-state index in [1.807, 2.05) is 44.2 Å². The van der Waals surface area contributed by atoms with Crippen molar-refractivity contribution < 1.29 is 8.81 Å². The van der Waals surface area contributed by atoms with Crippen LogP contribution in [0.3, 0.4) is 0 Å². The normalized spacial score (nSPS) is 11.4. The smallest absolute Gasteiger partial charge is 0.227 e. The van der Waals surface area contributed by atoms with Crippen molar-refractivity contribution in [3.8, 4) is 22.4 Å². The summed E-state index contributed by atoms with van der Waals surface area (Å²) in [6.45, 7) is 3.97. The van der Waals surface area contributed by atoms with Crippen molar-refractivity contribution in [1.82, 2.24) is 9.97 Å². The number of pyridine rings is 2. The van der Waals surface area contributed by atoms with Crippen LogP contribution < -0.4 is 0 Å². The number of hydrogen-bond acceptors (Lipinski definition) is 3. The van der Waals surface area contributed by atoms with Crippen molar-refractivity contribution in [3.63, 3.8) is 0 Å². The number of furan rings is 1. The van der Waals surface area contributed by atoms with Crippen LogP contribution in [0.4, 0.5) is 4.39 Å². The van der Waals surface area contributed by atoms with E-state index in [-0.39, 0.29) is 5.82 Å². The van der Waals surface area contributed by atoms with E-state index in [1.165, 1.54) is 6.07 Å². The molecule has 0 bridgehead atoms. The molecular weight excluding hydrogens is 351 g/mol. The number of rotatable bonds is 2. The summed E-state index contributed by atoms with van der Waals surface area (Å²) in [5, 5.41) is 1.98. The largest absolute Gasteiger partial charge is 0.437 e. The third-order valence-corrected chi connectivity index (χ3v) is 5.06. The topological polar surface area (TPSA) is 38.9 Å². The molecule has 3 nitrogen and oxygen atoms in total. The summed E-state index contributed by atoms with van der Waals surface area (Å²) in [5.74, 6) is -0.252. The molecule has 2 aromatic carbocycles. The number of aromatic nitrogens is 2. The maximum atomic E-state index is 14.3. The van der Waals surface area contributed by atoms with Crippen LogP contribution in [0.15, 0.2) is 71.3 Å². The van der Waals surface area contributed by atoms with Gasteiger partial charge in [0.15, 0.2) is 0 Å². The zero-order chi connectivity index (χ0) is 19.3. The van der Waals surface area contributed by atoms with Crippen LogP contribution in [0.1, 0.15) is 11.3 Å². The fraction of sp³-hybridized carbons (Fsp3) is 0.0833. The molecule has 0 spiro atoms. The van der Waals surface area contributed by atoms with E-state index in [2.05, 4.69) is 22.1 Å². The van der Waals surface area contributed by atoms with Crippen molar-refractivity contribution >= 4 is 22.1 Å². The molecule has 0 saturated carbocycles. The van der Waals surface area contributed by atoms with E-state index < -0.39 is 0 Å². The van der Waals surface area contributed by atoms with Gasteiger partial charge in [-0.25, -0.2) is 9.37 Å². The van der Waals surface area contributed by atoms with Crippen LogP contribution >= 0.6 is 0 Å². The minimum absolute atomic E-state index is 0.252. The SMILES string of the molecule is Cc1ccc2c(n1)oc1c(-c3cc(-c4ccccc4F)ccn3)c(C)ccc12. The molecule has 0 saturated heterocycles. The molecule has 0 N–H and O–H groups in total. The Morgan fingerprint density at radius 1 is 0.893 bits per heavy atom. The Morgan fingerprint density at radius 3 is 2.57 bits per heavy atom. The van der Waals surface area contributed by atoms with Crippen LogP contribution in [-0.2, 0) is 0 Å². The van der Waals surface area contributed by atoms with Crippen LogP contribution in [0.25, 0.3) is 44.5 Å². The van der Waals surface area contributed by atoms with E-state index in [0.717, 1.165) is 44.4 Å². The standard InChI is InChI=1S/C24H17FN2O/c1-14-7-9-18-19-10-8-15(2)27-24(19)28-23(18)22(14)21-13-16(11-12-26-21)17-5-3-4-6-20(17)25/h3-13H,1-2H3. The van der Waals surface area contributed by atoms with Crippen LogP contribution in [0.5, 0.6) is 0 Å². The summed E-state index contributed by atoms with van der Waals surface area (Å²) in [7, 11) is 0. The second kappa shape index (κ2) is 6.27. The fourth-order valence-corrected chi connectivity index (χ4v) is 3.66. The van der Waals surface area contributed by atoms with Gasteiger partial charge in [-0.1, -0.05) is 30.3 Å². The summed E-state index contributed by atoms with van der Waals surface area (Å²) in [6, 6.07) is 18.6. The van der Waals surface area contributed by atoms with Crippen molar-refractivity contribution in [2.45, 2.75) is 13.8 Å². The minimum atomic E-state index is -0.252. The van der Waals surface area contributed by atoms with E-state index >= 15 is 0 Å². The third kappa shape index (κ3) is 2.57. The molecule has 0 atom stereocenters. The van der Waals surface area contributed by atoms with Gasteiger partial charge in [0.2, 0.25) is 5.71 Å². The molecule has 0 amide bonds. The first-order valence-corrected chi connectivity index (χ1v) is 9.12. The van der Waals surface area contributed by atoms with E-state index in [9.17, 15) is 4.39 Å². The molecule has 5 aromatic rings. The second-order valence-corrected chi connectivity index (χ2v) is 6.95. The molecule has 0 aliphatic rings. The molecule has 3 heterocycles. The van der Waals surface area contributed by atoms with E-state index in [4.69, 9.17) is 4.42 Å². The molecular formula is C24H17FN2O. The zero-order valence-electron chi connectivity index (χ0n) is 15.5. The van der Waals surface area contributed by atoms with Gasteiger partial charge in [-0.2, -0.15) is 0 Å². The second-order valence-electron chi connectivity index (χ2n) is 6.95. The molecule has 3 aromatic heterocycles. The predicted octanol–water partition coefficient (Wildman–Crippen LogP) is 6.47. The average Bonchev–Trinajstić information content (AvgIpc) is 3.05. The van der Waals surface area contributed by atoms with Crippen molar-refractivity contribution in [3.05, 3.63) is 83.9 Å². The number of aryl methyl sites for hydroxylation is 2. The third-order valence-electron chi connectivity index (χ3n) is 5.06. The Bertz CT molecular complexity index is 1350. The van der Waals surface area contributed by atoms with Crippen LogP contribution in [0.2, 0.25) is 0 Å². The lowest BCUT2D eigenvalue weighted by Crippen LogP contribution is -1.90. The highest BCUT2D eigenvalue weighted by atomic mass is 19.1. The Morgan fingerprint density at radius 2 is 1.71 bits per heavy atom. The number of nitrogens with zero attached hydrogens (tertiary/aromatic N) is 2. The monoisotopic (exact) mass is 368 g/mol. The highest BCUT2D eigenvalue weighted by Gasteiger charge is 2.17. The lowest BCUT2D eigenvalue weighted by Gasteiger charge is -2.09. The number of hydrogen-bond donors (Lipinski definition) is 0. The molecule has 28 heavy (non-hydrogen) atoms. The van der Waals surface area contributed by atoms with Crippen molar-refractivity contribution in [2.75, 3.05) is 0 Å². The summed E-state index contributed by atoms with van der Waals surface area (Å²) in [5.41, 5.74) is 6.32. The van der Waals surface area contributed by atoms with Gasteiger partial charge in [0.1, 0.15) is 11.4 Å². The zero-order valence-corrected chi connectivity index (χ0v) is 15.5. The molecule has 0 aliphatic heterocycles. The summed E-state index contributed by atoms with van der Waals surface area (Å²) in [4.78, 5) is 9.08. The maximum Gasteiger partial charge on any atom is 0.227 e. The Labute approximate surface area is 161 Å². The van der Waals surface area contributed by atoms with Gasteiger partial charge in [-0.05, 0) is 55.3 Å². The Kier molecular flexibility index (Phi) is 3.72. The van der Waals surface area contributed by atoms with Crippen LogP contribution in [-0.4, -0.2) is 9.97 Å². The van der Waals surface area contributed by atoms with E-state index in [0.29, 0.717) is 11.3 Å². The quantitative estimate of drug-likeness (QED) is 0.359. The van der Waals surface area contributed by atoms with Gasteiger partial charge in [-0.15, -0.1) is 0 Å². The van der Waals surface area contributed by atoms with Gasteiger partial charge in [0, 0.05) is 33.8 Å². The molecule has 0 unspecified atom stereocenters. The van der Waals surface area contributed by atoms with Crippen molar-refractivity contribution in [1.29, 1.82) is 0 Å². The number of benzene rings is 2. The first kappa shape index (κ1) is 16.6. The lowest BCUT2D eigenvalue weighted by molar-refractivity contribution is 0.631. The van der Waals surface area contributed by atoms with Gasteiger partial charge < -0.3 is 4.42 Å².